The second-order valence-electron chi connectivity index (χ2n) is 3.23. The molecule has 0 aromatic heterocycles. The van der Waals surface area contributed by atoms with Crippen LogP contribution in [0, 0.1) is 0 Å². The van der Waals surface area contributed by atoms with Crippen LogP contribution in [-0.2, 0) is 9.59 Å². The molecule has 0 fully saturated rings. The maximum atomic E-state index is 11.1. The zero-order valence-corrected chi connectivity index (χ0v) is 9.06. The first-order chi connectivity index (χ1) is 6.70. The Kier molecular flexibility index (Phi) is 7.89. The normalized spacial score (nSPS) is 9.57. The first kappa shape index (κ1) is 12.9. The lowest BCUT2D eigenvalue weighted by Gasteiger charge is -2.03. The molecule has 0 aromatic carbocycles. The summed E-state index contributed by atoms with van der Waals surface area (Å²) < 4.78 is 0. The molecule has 0 rings (SSSR count). The molecule has 82 valence electrons. The Morgan fingerprint density at radius 3 is 2.29 bits per heavy atom. The zero-order valence-electron chi connectivity index (χ0n) is 9.06. The third kappa shape index (κ3) is 7.58. The second-order valence-corrected chi connectivity index (χ2v) is 3.23. The Morgan fingerprint density at radius 2 is 1.71 bits per heavy atom. The van der Waals surface area contributed by atoms with Crippen LogP contribution < -0.4 is 10.6 Å². The molecular formula is C10H20N2O2. The summed E-state index contributed by atoms with van der Waals surface area (Å²) in [6.07, 6.45) is 3.59. The average Bonchev–Trinajstić information content (AvgIpc) is 2.18. The van der Waals surface area contributed by atoms with E-state index in [0.717, 1.165) is 19.4 Å². The van der Waals surface area contributed by atoms with Gasteiger partial charge >= 0.3 is 0 Å². The molecule has 0 bridgehead atoms. The average molecular weight is 200 g/mol. The van der Waals surface area contributed by atoms with Crippen LogP contribution in [0.2, 0.25) is 0 Å². The Bertz CT molecular complexity index is 181. The van der Waals surface area contributed by atoms with Gasteiger partial charge < -0.3 is 10.6 Å². The van der Waals surface area contributed by atoms with Crippen molar-refractivity contribution in [3.8, 4) is 0 Å². The number of amides is 2. The highest BCUT2D eigenvalue weighted by atomic mass is 16.2. The highest BCUT2D eigenvalue weighted by Crippen LogP contribution is 1.95. The summed E-state index contributed by atoms with van der Waals surface area (Å²) in [4.78, 5) is 22.0. The molecule has 2 amide bonds. The Morgan fingerprint density at radius 1 is 1.07 bits per heavy atom. The molecule has 0 spiro atoms. The van der Waals surface area contributed by atoms with E-state index in [0.29, 0.717) is 19.3 Å². The summed E-state index contributed by atoms with van der Waals surface area (Å²) in [5.74, 6) is 0.0358. The minimum atomic E-state index is -0.00800. The van der Waals surface area contributed by atoms with Crippen LogP contribution in [0.5, 0.6) is 0 Å². The van der Waals surface area contributed by atoms with E-state index in [2.05, 4.69) is 17.6 Å². The molecule has 0 aromatic rings. The van der Waals surface area contributed by atoms with Crippen LogP contribution in [0.1, 0.15) is 39.0 Å². The maximum absolute atomic E-state index is 11.1. The maximum Gasteiger partial charge on any atom is 0.220 e. The van der Waals surface area contributed by atoms with Crippen molar-refractivity contribution in [2.75, 3.05) is 13.6 Å². The monoisotopic (exact) mass is 200 g/mol. The molecule has 0 atom stereocenters. The van der Waals surface area contributed by atoms with Gasteiger partial charge in [-0.3, -0.25) is 9.59 Å². The van der Waals surface area contributed by atoms with Gasteiger partial charge in [0.15, 0.2) is 0 Å². The van der Waals surface area contributed by atoms with E-state index < -0.39 is 0 Å². The summed E-state index contributed by atoms with van der Waals surface area (Å²) >= 11 is 0. The Labute approximate surface area is 85.4 Å². The van der Waals surface area contributed by atoms with Gasteiger partial charge in [0.1, 0.15) is 0 Å². The molecule has 4 heteroatoms. The van der Waals surface area contributed by atoms with Crippen LogP contribution >= 0.6 is 0 Å². The number of unbranched alkanes of at least 4 members (excludes halogenated alkanes) is 1. The van der Waals surface area contributed by atoms with Gasteiger partial charge in [-0.05, 0) is 12.8 Å². The molecule has 0 aliphatic heterocycles. The number of carbonyl (C=O) groups is 2. The van der Waals surface area contributed by atoms with E-state index in [-0.39, 0.29) is 11.8 Å². The molecule has 0 saturated carbocycles. The van der Waals surface area contributed by atoms with Gasteiger partial charge in [-0.1, -0.05) is 13.3 Å². The number of nitrogens with one attached hydrogen (secondary N) is 2. The molecule has 0 saturated heterocycles. The van der Waals surface area contributed by atoms with Crippen LogP contribution in [-0.4, -0.2) is 25.4 Å². The van der Waals surface area contributed by atoms with Crippen molar-refractivity contribution in [2.45, 2.75) is 39.0 Å². The van der Waals surface area contributed by atoms with Gasteiger partial charge in [0.05, 0.1) is 0 Å². The number of rotatable bonds is 7. The summed E-state index contributed by atoms with van der Waals surface area (Å²) in [5.41, 5.74) is 0. The molecule has 14 heavy (non-hydrogen) atoms. The lowest BCUT2D eigenvalue weighted by Crippen LogP contribution is -2.24. The summed E-state index contributed by atoms with van der Waals surface area (Å²) in [6.45, 7) is 2.83. The minimum Gasteiger partial charge on any atom is -0.359 e. The van der Waals surface area contributed by atoms with Gasteiger partial charge in [0.2, 0.25) is 11.8 Å². The van der Waals surface area contributed by atoms with Crippen molar-refractivity contribution in [3.63, 3.8) is 0 Å². The fourth-order valence-electron chi connectivity index (χ4n) is 1.03. The predicted molar refractivity (Wildman–Crippen MR) is 55.8 cm³/mol. The quantitative estimate of drug-likeness (QED) is 0.598. The SMILES string of the molecule is CCCCNC(=O)CCCC(=O)NC. The molecule has 0 aliphatic rings. The van der Waals surface area contributed by atoms with E-state index in [1.54, 1.807) is 7.05 Å². The van der Waals surface area contributed by atoms with Gasteiger partial charge in [-0.25, -0.2) is 0 Å². The smallest absolute Gasteiger partial charge is 0.220 e. The Balaban J connectivity index is 3.31. The molecular weight excluding hydrogens is 180 g/mol. The number of hydrogen-bond donors (Lipinski definition) is 2. The van der Waals surface area contributed by atoms with Crippen LogP contribution in [0.15, 0.2) is 0 Å². The number of hydrogen-bond acceptors (Lipinski definition) is 2. The van der Waals surface area contributed by atoms with Crippen LogP contribution in [0.3, 0.4) is 0 Å². The van der Waals surface area contributed by atoms with E-state index in [1.165, 1.54) is 0 Å². The molecule has 2 N–H and O–H groups in total. The highest BCUT2D eigenvalue weighted by Gasteiger charge is 2.02. The molecule has 0 radical (unpaired) electrons. The lowest BCUT2D eigenvalue weighted by molar-refractivity contribution is -0.122. The van der Waals surface area contributed by atoms with E-state index in [4.69, 9.17) is 0 Å². The zero-order chi connectivity index (χ0) is 10.8. The summed E-state index contributed by atoms with van der Waals surface area (Å²) in [6, 6.07) is 0. The third-order valence-corrected chi connectivity index (χ3v) is 1.94. The first-order valence-electron chi connectivity index (χ1n) is 5.18. The first-order valence-corrected chi connectivity index (χ1v) is 5.18. The van der Waals surface area contributed by atoms with Crippen LogP contribution in [0.4, 0.5) is 0 Å². The second kappa shape index (κ2) is 8.53. The number of carbonyl (C=O) groups excluding carboxylic acids is 2. The molecule has 0 unspecified atom stereocenters. The van der Waals surface area contributed by atoms with Crippen molar-refractivity contribution in [2.24, 2.45) is 0 Å². The summed E-state index contributed by atoms with van der Waals surface area (Å²) in [7, 11) is 1.60. The van der Waals surface area contributed by atoms with Gasteiger partial charge in [0.25, 0.3) is 0 Å². The lowest BCUT2D eigenvalue weighted by atomic mass is 10.2. The molecule has 4 nitrogen and oxygen atoms in total. The predicted octanol–water partition coefficient (Wildman–Crippen LogP) is 0.819. The third-order valence-electron chi connectivity index (χ3n) is 1.94. The topological polar surface area (TPSA) is 58.2 Å². The standard InChI is InChI=1S/C10H20N2O2/c1-3-4-8-12-10(14)7-5-6-9(13)11-2/h3-8H2,1-2H3,(H,11,13)(H,12,14). The molecule has 0 heterocycles. The van der Waals surface area contributed by atoms with Crippen molar-refractivity contribution in [1.82, 2.24) is 10.6 Å². The molecule has 0 aliphatic carbocycles. The fraction of sp³-hybridized carbons (Fsp3) is 0.800. The highest BCUT2D eigenvalue weighted by molar-refractivity contribution is 5.78. The van der Waals surface area contributed by atoms with E-state index in [1.807, 2.05) is 0 Å². The van der Waals surface area contributed by atoms with Crippen molar-refractivity contribution < 1.29 is 9.59 Å². The minimum absolute atomic E-state index is 0.00800. The van der Waals surface area contributed by atoms with Gasteiger partial charge in [0, 0.05) is 26.4 Å². The Hall–Kier alpha value is -1.06. The fourth-order valence-corrected chi connectivity index (χ4v) is 1.03. The largest absolute Gasteiger partial charge is 0.359 e. The van der Waals surface area contributed by atoms with Crippen LogP contribution in [0.25, 0.3) is 0 Å². The summed E-state index contributed by atoms with van der Waals surface area (Å²) in [5, 5.41) is 5.33. The van der Waals surface area contributed by atoms with Gasteiger partial charge in [-0.2, -0.15) is 0 Å². The van der Waals surface area contributed by atoms with E-state index in [9.17, 15) is 9.59 Å². The van der Waals surface area contributed by atoms with E-state index >= 15 is 0 Å². The van der Waals surface area contributed by atoms with Crippen molar-refractivity contribution in [3.05, 3.63) is 0 Å². The van der Waals surface area contributed by atoms with Crippen molar-refractivity contribution in [1.29, 1.82) is 0 Å². The van der Waals surface area contributed by atoms with Gasteiger partial charge in [-0.15, -0.1) is 0 Å². The van der Waals surface area contributed by atoms with Crippen molar-refractivity contribution >= 4 is 11.8 Å².